The average Bonchev–Trinajstić information content (AvgIpc) is 2.87. The predicted octanol–water partition coefficient (Wildman–Crippen LogP) is 9.62. The van der Waals surface area contributed by atoms with Crippen molar-refractivity contribution in [1.29, 1.82) is 0 Å². The minimum atomic E-state index is 0. The summed E-state index contributed by atoms with van der Waals surface area (Å²) in [5, 5.41) is 3.19. The quantitative estimate of drug-likeness (QED) is 0.136. The molecule has 3 heteroatoms. The van der Waals surface area contributed by atoms with Gasteiger partial charge in [0.1, 0.15) is 4.99 Å². The predicted molar refractivity (Wildman–Crippen MR) is 150 cm³/mol. The Hall–Kier alpha value is -1.93. The van der Waals surface area contributed by atoms with Gasteiger partial charge in [0, 0.05) is 28.3 Å². The largest absolute Gasteiger partial charge is 0.346 e. The van der Waals surface area contributed by atoms with E-state index in [9.17, 15) is 0 Å². The van der Waals surface area contributed by atoms with Crippen LogP contribution in [0.15, 0.2) is 91.0 Å². The molecule has 0 aliphatic rings. The van der Waals surface area contributed by atoms with E-state index in [1.165, 1.54) is 76.2 Å². The van der Waals surface area contributed by atoms with Crippen LogP contribution in [-0.2, 0) is 23.5 Å². The number of thiocarbonyl (C=S) groups is 1. The van der Waals surface area contributed by atoms with Gasteiger partial charge in [-0.1, -0.05) is 156 Å². The molecule has 0 fully saturated rings. The fourth-order valence-corrected chi connectivity index (χ4v) is 4.03. The maximum absolute atomic E-state index is 5.29. The van der Waals surface area contributed by atoms with Gasteiger partial charge in [0.25, 0.3) is 0 Å². The van der Waals surface area contributed by atoms with Crippen LogP contribution in [0.25, 0.3) is 0 Å². The third-order valence-corrected chi connectivity index (χ3v) is 6.07. The zero-order chi connectivity index (χ0) is 23.4. The summed E-state index contributed by atoms with van der Waals surface area (Å²) in [6, 6.07) is 30.8. The molecule has 0 bridgehead atoms. The van der Waals surface area contributed by atoms with Gasteiger partial charge >= 0.3 is 0 Å². The van der Waals surface area contributed by atoms with Crippen molar-refractivity contribution in [3.63, 3.8) is 0 Å². The number of unbranched alkanes of at least 4 members (excludes halogenated alkanes) is 9. The second kappa shape index (κ2) is 20.4. The summed E-state index contributed by atoms with van der Waals surface area (Å²) < 4.78 is 0. The second-order valence-electron chi connectivity index (χ2n) is 8.60. The van der Waals surface area contributed by atoms with Crippen LogP contribution in [0, 0.1) is 0 Å². The number of rotatable bonds is 13. The van der Waals surface area contributed by atoms with Crippen LogP contribution >= 0.6 is 12.2 Å². The minimum absolute atomic E-state index is 0. The normalized spacial score (nSPS) is 9.91. The Balaban J connectivity index is 0.000000334. The maximum atomic E-state index is 5.29. The molecule has 0 amide bonds. The van der Waals surface area contributed by atoms with Gasteiger partial charge in [-0.25, -0.2) is 0 Å². The Bertz CT molecular complexity index is 852. The topological polar surface area (TPSA) is 12.0 Å². The molecule has 187 valence electrons. The molecule has 3 aromatic carbocycles. The summed E-state index contributed by atoms with van der Waals surface area (Å²) in [7, 11) is 0. The first-order valence-corrected chi connectivity index (χ1v) is 13.2. The van der Waals surface area contributed by atoms with Crippen molar-refractivity contribution >= 4 is 22.9 Å². The van der Waals surface area contributed by atoms with Crippen molar-refractivity contribution in [3.8, 4) is 0 Å². The first-order valence-electron chi connectivity index (χ1n) is 12.7. The number of hydrogen-bond donors (Lipinski definition) is 1. The first kappa shape index (κ1) is 30.1. The molecule has 0 unspecified atom stereocenters. The summed E-state index contributed by atoms with van der Waals surface area (Å²) in [5.74, 6) is 0. The summed E-state index contributed by atoms with van der Waals surface area (Å²) >= 11 is 5.29. The number of para-hydroxylation sites is 1. The van der Waals surface area contributed by atoms with Gasteiger partial charge in [-0.15, -0.1) is 0 Å². The Morgan fingerprint density at radius 3 is 1.56 bits per heavy atom. The molecule has 1 radical (unpaired) electrons. The maximum Gasteiger partial charge on any atom is 0.110 e. The molecule has 0 saturated heterocycles. The Morgan fingerprint density at radius 1 is 0.588 bits per heavy atom. The number of hydrogen-bond acceptors (Lipinski definition) is 1. The molecular weight excluding hydrogens is 482 g/mol. The van der Waals surface area contributed by atoms with Crippen LogP contribution in [0.2, 0.25) is 0 Å². The zero-order valence-electron chi connectivity index (χ0n) is 20.6. The molecular formula is C31H41CuNS. The van der Waals surface area contributed by atoms with Crippen LogP contribution in [0.3, 0.4) is 0 Å². The molecule has 0 aromatic heterocycles. The summed E-state index contributed by atoms with van der Waals surface area (Å²) in [6.45, 7) is 2.28. The summed E-state index contributed by atoms with van der Waals surface area (Å²) in [5.41, 5.74) is 3.56. The van der Waals surface area contributed by atoms with Crippen molar-refractivity contribution in [2.75, 3.05) is 5.32 Å². The van der Waals surface area contributed by atoms with E-state index in [0.29, 0.717) is 0 Å². The van der Waals surface area contributed by atoms with Gasteiger partial charge in [-0.05, 0) is 30.5 Å². The van der Waals surface area contributed by atoms with Gasteiger partial charge in [-0.3, -0.25) is 0 Å². The van der Waals surface area contributed by atoms with Gasteiger partial charge in [0.05, 0.1) is 0 Å². The summed E-state index contributed by atoms with van der Waals surface area (Å²) in [4.78, 5) is 0.752. The number of nitrogens with one attached hydrogen (secondary N) is 1. The van der Waals surface area contributed by atoms with Crippen molar-refractivity contribution in [2.24, 2.45) is 0 Å². The molecule has 0 aliphatic carbocycles. The third kappa shape index (κ3) is 14.4. The van der Waals surface area contributed by atoms with Crippen LogP contribution in [-0.4, -0.2) is 4.99 Å². The van der Waals surface area contributed by atoms with Crippen molar-refractivity contribution < 1.29 is 17.1 Å². The molecule has 1 N–H and O–H groups in total. The fourth-order valence-electron chi connectivity index (χ4n) is 3.78. The van der Waals surface area contributed by atoms with E-state index in [2.05, 4.69) is 42.6 Å². The Kier molecular flexibility index (Phi) is 18.1. The first-order chi connectivity index (χ1) is 16.3. The van der Waals surface area contributed by atoms with E-state index in [1.54, 1.807) is 0 Å². The molecule has 0 heterocycles. The molecule has 3 rings (SSSR count). The van der Waals surface area contributed by atoms with Crippen LogP contribution in [0.1, 0.15) is 82.3 Å². The third-order valence-electron chi connectivity index (χ3n) is 5.73. The van der Waals surface area contributed by atoms with Gasteiger partial charge in [0.2, 0.25) is 0 Å². The van der Waals surface area contributed by atoms with E-state index in [1.807, 2.05) is 60.7 Å². The molecule has 1 nitrogen and oxygen atoms in total. The summed E-state index contributed by atoms with van der Waals surface area (Å²) in [6.07, 6.45) is 15.5. The van der Waals surface area contributed by atoms with Gasteiger partial charge in [-0.2, -0.15) is 0 Å². The zero-order valence-corrected chi connectivity index (χ0v) is 22.4. The van der Waals surface area contributed by atoms with Crippen molar-refractivity contribution in [1.82, 2.24) is 0 Å². The fraction of sp³-hybridized carbons (Fsp3) is 0.387. The van der Waals surface area contributed by atoms with Crippen LogP contribution in [0.4, 0.5) is 5.69 Å². The molecule has 3 aromatic rings. The number of benzene rings is 3. The van der Waals surface area contributed by atoms with Gasteiger partial charge < -0.3 is 5.32 Å². The average molecular weight is 523 g/mol. The van der Waals surface area contributed by atoms with Crippen LogP contribution < -0.4 is 5.32 Å². The standard InChI is InChI=1S/C18H30.C13H11NS.Cu/c1-2-3-4-5-6-7-8-9-10-12-15-18-16-13-11-14-17-18;15-13(11-7-3-1-4-8-11)14-12-9-5-2-6-10-12;/h11,13-14,16-17H,2-10,12,15H2,1H3;1-10H,(H,14,15);. The van der Waals surface area contributed by atoms with E-state index in [4.69, 9.17) is 12.2 Å². The molecule has 34 heavy (non-hydrogen) atoms. The monoisotopic (exact) mass is 522 g/mol. The molecule has 0 aliphatic heterocycles. The van der Waals surface area contributed by atoms with Gasteiger partial charge in [0.15, 0.2) is 0 Å². The van der Waals surface area contributed by atoms with Crippen molar-refractivity contribution in [3.05, 3.63) is 102 Å². The van der Waals surface area contributed by atoms with E-state index in [-0.39, 0.29) is 17.1 Å². The van der Waals surface area contributed by atoms with E-state index < -0.39 is 0 Å². The SMILES string of the molecule is CCCCCCCCCCCCc1ccccc1.S=C(Nc1ccccc1)c1ccccc1.[Cu]. The Morgan fingerprint density at radius 2 is 1.03 bits per heavy atom. The minimum Gasteiger partial charge on any atom is -0.346 e. The molecule has 0 spiro atoms. The number of anilines is 1. The Labute approximate surface area is 224 Å². The van der Waals surface area contributed by atoms with E-state index >= 15 is 0 Å². The van der Waals surface area contributed by atoms with Crippen molar-refractivity contribution in [2.45, 2.75) is 77.6 Å². The van der Waals surface area contributed by atoms with Crippen LogP contribution in [0.5, 0.6) is 0 Å². The van der Waals surface area contributed by atoms with E-state index in [0.717, 1.165) is 16.2 Å². The smallest absolute Gasteiger partial charge is 0.110 e. The molecule has 0 saturated carbocycles. The number of aryl methyl sites for hydroxylation is 1. The second-order valence-corrected chi connectivity index (χ2v) is 9.01. The molecule has 0 atom stereocenters.